The van der Waals surface area contributed by atoms with Crippen LogP contribution in [0.15, 0.2) is 55.0 Å². The molecule has 0 saturated carbocycles. The second-order valence-electron chi connectivity index (χ2n) is 7.18. The van der Waals surface area contributed by atoms with Crippen molar-refractivity contribution in [3.8, 4) is 6.07 Å². The number of rotatable bonds is 5. The molecule has 1 fully saturated rings. The van der Waals surface area contributed by atoms with Crippen LogP contribution in [-0.4, -0.2) is 40.4 Å². The number of hydrogen-bond donors (Lipinski definition) is 1. The van der Waals surface area contributed by atoms with Gasteiger partial charge in [-0.15, -0.1) is 24.8 Å². The molecule has 0 aliphatic carbocycles. The van der Waals surface area contributed by atoms with Crippen LogP contribution in [0.25, 0.3) is 0 Å². The van der Waals surface area contributed by atoms with Gasteiger partial charge in [-0.05, 0) is 36.2 Å². The van der Waals surface area contributed by atoms with Crippen molar-refractivity contribution >= 4 is 36.4 Å². The Hall–Kier alpha value is -2.99. The van der Waals surface area contributed by atoms with E-state index >= 15 is 0 Å². The van der Waals surface area contributed by atoms with Gasteiger partial charge < -0.3 is 9.88 Å². The van der Waals surface area contributed by atoms with Crippen LogP contribution in [0.3, 0.4) is 0 Å². The molecule has 0 radical (unpaired) electrons. The third-order valence-corrected chi connectivity index (χ3v) is 5.24. The zero-order valence-corrected chi connectivity index (χ0v) is 18.5. The van der Waals surface area contributed by atoms with Gasteiger partial charge in [-0.2, -0.15) is 5.26 Å². The number of aromatic nitrogens is 2. The van der Waals surface area contributed by atoms with Crippen LogP contribution in [-0.2, 0) is 11.2 Å². The van der Waals surface area contributed by atoms with E-state index in [1.165, 1.54) is 17.0 Å². The summed E-state index contributed by atoms with van der Waals surface area (Å²) >= 11 is 0. The fourth-order valence-electron chi connectivity index (χ4n) is 3.75. The number of nitrogens with one attached hydrogen (secondary N) is 1. The summed E-state index contributed by atoms with van der Waals surface area (Å²) in [6.45, 7) is 0.960. The third-order valence-electron chi connectivity index (χ3n) is 5.24. The standard InChI is InChI=1S/C22H19F2N5O.2ClH/c23-17-8-18(24)10-19(9-17)29-6-5-28(13-22(29)30)21(20-12-26-14-27-20)7-15-1-3-16(11-25)4-2-15;;/h1-4,8-10,12,14,21H,5-7,13H2,(H,26,27);2*1H. The number of nitrogens with zero attached hydrogens (tertiary/aromatic N) is 4. The Kier molecular flexibility index (Phi) is 8.72. The number of carbonyl (C=O) groups is 1. The molecule has 1 aliphatic rings. The molecule has 1 unspecified atom stereocenters. The molecule has 1 atom stereocenters. The van der Waals surface area contributed by atoms with Crippen molar-refractivity contribution in [2.75, 3.05) is 24.5 Å². The first-order valence-electron chi connectivity index (χ1n) is 9.51. The maximum atomic E-state index is 13.6. The summed E-state index contributed by atoms with van der Waals surface area (Å²) in [7, 11) is 0. The Morgan fingerprint density at radius 1 is 1.09 bits per heavy atom. The average Bonchev–Trinajstić information content (AvgIpc) is 3.26. The average molecular weight is 480 g/mol. The minimum absolute atomic E-state index is 0. The maximum absolute atomic E-state index is 13.6. The van der Waals surface area contributed by atoms with Crippen molar-refractivity contribution in [2.45, 2.75) is 12.5 Å². The summed E-state index contributed by atoms with van der Waals surface area (Å²) in [5.74, 6) is -1.65. The molecular weight excluding hydrogens is 459 g/mol. The van der Waals surface area contributed by atoms with E-state index in [-0.39, 0.29) is 49.0 Å². The van der Waals surface area contributed by atoms with Gasteiger partial charge in [0.05, 0.1) is 36.2 Å². The third kappa shape index (κ3) is 5.62. The molecule has 1 aliphatic heterocycles. The van der Waals surface area contributed by atoms with Crippen molar-refractivity contribution in [2.24, 2.45) is 0 Å². The fourth-order valence-corrected chi connectivity index (χ4v) is 3.75. The number of nitriles is 1. The predicted molar refractivity (Wildman–Crippen MR) is 121 cm³/mol. The number of anilines is 1. The Balaban J connectivity index is 0.00000181. The smallest absolute Gasteiger partial charge is 0.241 e. The van der Waals surface area contributed by atoms with Gasteiger partial charge in [-0.1, -0.05) is 12.1 Å². The van der Waals surface area contributed by atoms with Gasteiger partial charge >= 0.3 is 0 Å². The maximum Gasteiger partial charge on any atom is 0.241 e. The highest BCUT2D eigenvalue weighted by molar-refractivity contribution is 5.95. The molecule has 2 aromatic carbocycles. The number of halogens is 4. The number of imidazole rings is 1. The number of amides is 1. The van der Waals surface area contributed by atoms with Crippen molar-refractivity contribution < 1.29 is 13.6 Å². The van der Waals surface area contributed by atoms with E-state index in [4.69, 9.17) is 5.26 Å². The Morgan fingerprint density at radius 3 is 2.34 bits per heavy atom. The van der Waals surface area contributed by atoms with Crippen LogP contribution >= 0.6 is 24.8 Å². The van der Waals surface area contributed by atoms with Gasteiger partial charge in [-0.3, -0.25) is 9.69 Å². The van der Waals surface area contributed by atoms with Crippen molar-refractivity contribution in [3.63, 3.8) is 0 Å². The fraction of sp³-hybridized carbons (Fsp3) is 0.227. The highest BCUT2D eigenvalue weighted by Gasteiger charge is 2.31. The molecule has 0 spiro atoms. The SMILES string of the molecule is Cl.Cl.N#Cc1ccc(CC(c2cnc[nH]2)N2CCN(c3cc(F)cc(F)c3)C(=O)C2)cc1. The van der Waals surface area contributed by atoms with Crippen molar-refractivity contribution in [1.82, 2.24) is 14.9 Å². The Bertz CT molecular complexity index is 1070. The highest BCUT2D eigenvalue weighted by atomic mass is 35.5. The second-order valence-corrected chi connectivity index (χ2v) is 7.18. The molecule has 4 rings (SSSR count). The molecule has 32 heavy (non-hydrogen) atoms. The van der Waals surface area contributed by atoms with E-state index < -0.39 is 11.6 Å². The summed E-state index contributed by atoms with van der Waals surface area (Å²) in [6, 6.07) is 12.4. The second kappa shape index (κ2) is 11.0. The molecule has 1 aromatic heterocycles. The largest absolute Gasteiger partial charge is 0.347 e. The number of benzene rings is 2. The van der Waals surface area contributed by atoms with Crippen molar-refractivity contribution in [1.29, 1.82) is 5.26 Å². The molecular formula is C22H21Cl2F2N5O. The van der Waals surface area contributed by atoms with Gasteiger partial charge in [0, 0.05) is 31.0 Å². The Labute approximate surface area is 196 Å². The number of hydrogen-bond acceptors (Lipinski definition) is 4. The van der Waals surface area contributed by atoms with Crippen LogP contribution in [0.2, 0.25) is 0 Å². The molecule has 2 heterocycles. The molecule has 6 nitrogen and oxygen atoms in total. The topological polar surface area (TPSA) is 76.0 Å². The molecule has 0 bridgehead atoms. The lowest BCUT2D eigenvalue weighted by atomic mass is 10.00. The summed E-state index contributed by atoms with van der Waals surface area (Å²) < 4.78 is 27.2. The van der Waals surface area contributed by atoms with Gasteiger partial charge in [0.1, 0.15) is 11.6 Å². The molecule has 1 N–H and O–H groups in total. The van der Waals surface area contributed by atoms with Crippen LogP contribution in [0, 0.1) is 23.0 Å². The van der Waals surface area contributed by atoms with E-state index in [9.17, 15) is 13.6 Å². The van der Waals surface area contributed by atoms with Gasteiger partial charge in [0.25, 0.3) is 0 Å². The van der Waals surface area contributed by atoms with Crippen LogP contribution in [0.1, 0.15) is 22.9 Å². The lowest BCUT2D eigenvalue weighted by Crippen LogP contribution is -2.52. The summed E-state index contributed by atoms with van der Waals surface area (Å²) in [6.07, 6.45) is 3.94. The molecule has 3 aromatic rings. The van der Waals surface area contributed by atoms with E-state index in [1.807, 2.05) is 17.0 Å². The minimum Gasteiger partial charge on any atom is -0.347 e. The number of carbonyl (C=O) groups excluding carboxylic acids is 1. The molecule has 10 heteroatoms. The number of H-pyrrole nitrogens is 1. The van der Waals surface area contributed by atoms with Crippen molar-refractivity contribution in [3.05, 3.63) is 83.4 Å². The molecule has 1 amide bonds. The monoisotopic (exact) mass is 479 g/mol. The normalized spacial score (nSPS) is 14.8. The van der Waals surface area contributed by atoms with Gasteiger partial charge in [0.15, 0.2) is 0 Å². The lowest BCUT2D eigenvalue weighted by Gasteiger charge is -2.38. The zero-order chi connectivity index (χ0) is 21.1. The first-order chi connectivity index (χ1) is 14.5. The summed E-state index contributed by atoms with van der Waals surface area (Å²) in [4.78, 5) is 23.5. The number of piperazine rings is 1. The highest BCUT2D eigenvalue weighted by Crippen LogP contribution is 2.27. The van der Waals surface area contributed by atoms with Gasteiger partial charge in [-0.25, -0.2) is 13.8 Å². The predicted octanol–water partition coefficient (Wildman–Crippen LogP) is 4.04. The van der Waals surface area contributed by atoms with E-state index in [0.717, 1.165) is 17.3 Å². The summed E-state index contributed by atoms with van der Waals surface area (Å²) in [5.41, 5.74) is 2.71. The first-order valence-corrected chi connectivity index (χ1v) is 9.51. The Morgan fingerprint density at radius 2 is 1.78 bits per heavy atom. The van der Waals surface area contributed by atoms with Crippen LogP contribution in [0.5, 0.6) is 0 Å². The van der Waals surface area contributed by atoms with Gasteiger partial charge in [0.2, 0.25) is 5.91 Å². The van der Waals surface area contributed by atoms with Crippen LogP contribution in [0.4, 0.5) is 14.5 Å². The van der Waals surface area contributed by atoms with Crippen LogP contribution < -0.4 is 4.90 Å². The van der Waals surface area contributed by atoms with E-state index in [2.05, 4.69) is 16.0 Å². The first kappa shape index (κ1) is 25.3. The summed E-state index contributed by atoms with van der Waals surface area (Å²) in [5, 5.41) is 8.99. The molecule has 168 valence electrons. The number of aromatic amines is 1. The minimum atomic E-state index is -0.712. The van der Waals surface area contributed by atoms with E-state index in [1.54, 1.807) is 24.7 Å². The lowest BCUT2D eigenvalue weighted by molar-refractivity contribution is -0.122. The molecule has 1 saturated heterocycles. The zero-order valence-electron chi connectivity index (χ0n) is 16.9. The van der Waals surface area contributed by atoms with E-state index in [0.29, 0.717) is 25.1 Å². The quantitative estimate of drug-likeness (QED) is 0.599.